The third kappa shape index (κ3) is 5.40. The first-order valence-electron chi connectivity index (χ1n) is 11.0. The molecule has 0 saturated heterocycles. The average Bonchev–Trinajstić information content (AvgIpc) is 2.90. The van der Waals surface area contributed by atoms with E-state index in [1.807, 2.05) is 24.3 Å². The number of hydrogen-bond donors (Lipinski definition) is 3. The second-order valence-electron chi connectivity index (χ2n) is 7.88. The van der Waals surface area contributed by atoms with Crippen LogP contribution in [0.4, 0.5) is 11.5 Å². The summed E-state index contributed by atoms with van der Waals surface area (Å²) in [6.45, 7) is 0.0361. The molecule has 4 aromatic rings. The Hall–Kier alpha value is -4.15. The first-order chi connectivity index (χ1) is 17.4. The van der Waals surface area contributed by atoms with Gasteiger partial charge >= 0.3 is 0 Å². The van der Waals surface area contributed by atoms with Gasteiger partial charge in [0.05, 0.1) is 14.2 Å². The van der Waals surface area contributed by atoms with Crippen LogP contribution < -0.4 is 25.8 Å². The van der Waals surface area contributed by atoms with Gasteiger partial charge in [0.1, 0.15) is 11.9 Å². The van der Waals surface area contributed by atoms with E-state index in [0.717, 1.165) is 10.8 Å². The van der Waals surface area contributed by atoms with Gasteiger partial charge in [-0.25, -0.2) is 4.98 Å². The average molecular weight is 506 g/mol. The van der Waals surface area contributed by atoms with Crippen LogP contribution in [0, 0.1) is 0 Å². The zero-order valence-electron chi connectivity index (χ0n) is 19.7. The fourth-order valence-corrected chi connectivity index (χ4v) is 4.43. The summed E-state index contributed by atoms with van der Waals surface area (Å²) in [4.78, 5) is 17.7. The van der Waals surface area contributed by atoms with Crippen LogP contribution >= 0.6 is 0 Å². The Morgan fingerprint density at radius 2 is 1.83 bits per heavy atom. The molecule has 3 aromatic carbocycles. The lowest BCUT2D eigenvalue weighted by Crippen LogP contribution is -2.33. The van der Waals surface area contributed by atoms with Crippen LogP contribution in [0.15, 0.2) is 77.8 Å². The second-order valence-corrected chi connectivity index (χ2v) is 8.79. The molecule has 2 atom stereocenters. The summed E-state index contributed by atoms with van der Waals surface area (Å²) in [7, 11) is 3.05. The van der Waals surface area contributed by atoms with Crippen molar-refractivity contribution in [2.45, 2.75) is 17.5 Å². The molecule has 0 spiro atoms. The van der Waals surface area contributed by atoms with E-state index < -0.39 is 17.1 Å². The van der Waals surface area contributed by atoms with E-state index in [9.17, 15) is 13.6 Å². The van der Waals surface area contributed by atoms with Gasteiger partial charge in [0.2, 0.25) is 5.91 Å². The number of aromatic nitrogens is 1. The summed E-state index contributed by atoms with van der Waals surface area (Å²) in [5.41, 5.74) is 7.76. The number of amides is 1. The third-order valence-electron chi connectivity index (χ3n) is 5.71. The highest BCUT2D eigenvalue weighted by atomic mass is 32.2. The van der Waals surface area contributed by atoms with Crippen LogP contribution in [0.1, 0.15) is 17.2 Å². The monoisotopic (exact) mass is 505 g/mol. The quantitative estimate of drug-likeness (QED) is 0.294. The summed E-state index contributed by atoms with van der Waals surface area (Å²) in [5.74, 6) is 1.06. The molecule has 0 bridgehead atoms. The minimum Gasteiger partial charge on any atom is -0.768 e. The van der Waals surface area contributed by atoms with Gasteiger partial charge in [0, 0.05) is 28.7 Å². The molecule has 36 heavy (non-hydrogen) atoms. The number of fused-ring (bicyclic) bond motifs is 1. The summed E-state index contributed by atoms with van der Waals surface area (Å²) in [5, 5.41) is 7.80. The summed E-state index contributed by atoms with van der Waals surface area (Å²) >= 11 is -2.42. The predicted octanol–water partition coefficient (Wildman–Crippen LogP) is 3.54. The minimum atomic E-state index is -2.42. The normalized spacial score (nSPS) is 12.5. The van der Waals surface area contributed by atoms with Crippen molar-refractivity contribution >= 4 is 39.3 Å². The largest absolute Gasteiger partial charge is 0.768 e. The smallest absolute Gasteiger partial charge is 0.247 e. The van der Waals surface area contributed by atoms with Crippen molar-refractivity contribution < 1.29 is 23.0 Å². The maximum Gasteiger partial charge on any atom is 0.247 e. The number of nitrogen functional groups attached to an aromatic ring is 1. The predicted molar refractivity (Wildman–Crippen MR) is 138 cm³/mol. The number of hydrogen-bond acceptors (Lipinski definition) is 8. The minimum absolute atomic E-state index is 0.0361. The molecule has 0 fully saturated rings. The van der Waals surface area contributed by atoms with E-state index in [0.29, 0.717) is 34.1 Å². The van der Waals surface area contributed by atoms with Crippen LogP contribution in [0.5, 0.6) is 11.5 Å². The van der Waals surface area contributed by atoms with Gasteiger partial charge in [-0.15, -0.1) is 0 Å². The molecule has 10 heteroatoms. The second kappa shape index (κ2) is 11.1. The Labute approximate surface area is 210 Å². The van der Waals surface area contributed by atoms with Gasteiger partial charge < -0.3 is 30.4 Å². The lowest BCUT2D eigenvalue weighted by Gasteiger charge is -2.22. The maximum atomic E-state index is 13.4. The van der Waals surface area contributed by atoms with Gasteiger partial charge in [-0.2, -0.15) is 0 Å². The van der Waals surface area contributed by atoms with Crippen LogP contribution in [0.2, 0.25) is 0 Å². The number of carbonyl (C=O) groups excluding carboxylic acids is 1. The summed E-state index contributed by atoms with van der Waals surface area (Å²) in [6.07, 6.45) is 1.62. The van der Waals surface area contributed by atoms with E-state index in [2.05, 4.69) is 15.6 Å². The van der Waals surface area contributed by atoms with Gasteiger partial charge in [-0.3, -0.25) is 9.00 Å². The Bertz CT molecular complexity index is 1430. The van der Waals surface area contributed by atoms with Gasteiger partial charge in [0.25, 0.3) is 0 Å². The summed E-state index contributed by atoms with van der Waals surface area (Å²) in [6, 6.07) is 18.3. The Kier molecular flexibility index (Phi) is 7.67. The van der Waals surface area contributed by atoms with Gasteiger partial charge in [-0.1, -0.05) is 24.3 Å². The highest BCUT2D eigenvalue weighted by molar-refractivity contribution is 7.79. The number of benzene rings is 3. The standard InChI is InChI=1S/C26H26N4O5S/c1-34-21-10-7-17(14-22(21)35-2)24(26(31)29-15-18-5-3-4-6-23(18)36(32)33)30-19-8-9-20-16(13-19)11-12-28-25(20)27/h3-14,24,30H,15H2,1-2H3,(H2,27,28)(H,29,31)(H,32,33)/p-1. The van der Waals surface area contributed by atoms with Crippen LogP contribution in [-0.4, -0.2) is 33.9 Å². The molecule has 2 unspecified atom stereocenters. The fraction of sp³-hybridized carbons (Fsp3) is 0.154. The molecule has 4 rings (SSSR count). The van der Waals surface area contributed by atoms with Crippen LogP contribution in [0.25, 0.3) is 10.8 Å². The molecular formula is C26H25N4O5S-. The lowest BCUT2D eigenvalue weighted by atomic mass is 10.0. The lowest BCUT2D eigenvalue weighted by molar-refractivity contribution is -0.122. The van der Waals surface area contributed by atoms with E-state index in [4.69, 9.17) is 15.2 Å². The number of nitrogens with zero attached hydrogens (tertiary/aromatic N) is 1. The number of methoxy groups -OCH3 is 2. The number of pyridine rings is 1. The fourth-order valence-electron chi connectivity index (χ4n) is 3.89. The molecule has 0 aliphatic heterocycles. The highest BCUT2D eigenvalue weighted by Crippen LogP contribution is 2.32. The van der Waals surface area contributed by atoms with Crippen LogP contribution in [-0.2, 0) is 22.4 Å². The number of ether oxygens (including phenoxy) is 2. The number of nitrogens with two attached hydrogens (primary N) is 1. The van der Waals surface area contributed by atoms with Crippen molar-refractivity contribution in [1.82, 2.24) is 10.3 Å². The third-order valence-corrected chi connectivity index (χ3v) is 6.47. The molecule has 186 valence electrons. The molecule has 0 aliphatic carbocycles. The molecule has 0 aliphatic rings. The van der Waals surface area contributed by atoms with Gasteiger partial charge in [0.15, 0.2) is 11.5 Å². The number of nitrogens with one attached hydrogen (secondary N) is 2. The number of rotatable bonds is 9. The van der Waals surface area contributed by atoms with Crippen LogP contribution in [0.3, 0.4) is 0 Å². The molecule has 1 aromatic heterocycles. The Morgan fingerprint density at radius 1 is 1.06 bits per heavy atom. The molecule has 4 N–H and O–H groups in total. The molecule has 0 saturated carbocycles. The van der Waals surface area contributed by atoms with Crippen molar-refractivity contribution in [3.63, 3.8) is 0 Å². The Balaban J connectivity index is 1.66. The van der Waals surface area contributed by atoms with Crippen molar-refractivity contribution in [1.29, 1.82) is 0 Å². The highest BCUT2D eigenvalue weighted by Gasteiger charge is 2.23. The van der Waals surface area contributed by atoms with Crippen molar-refractivity contribution in [2.24, 2.45) is 0 Å². The number of carbonyl (C=O) groups is 1. The molecule has 0 radical (unpaired) electrons. The SMILES string of the molecule is COc1ccc(C(Nc2ccc3c(N)nccc3c2)C(=O)NCc2ccccc2S(=O)[O-])cc1OC. The maximum absolute atomic E-state index is 13.4. The topological polar surface area (TPSA) is 139 Å². The molecule has 1 amide bonds. The zero-order chi connectivity index (χ0) is 25.7. The molecule has 1 heterocycles. The van der Waals surface area contributed by atoms with E-state index in [1.165, 1.54) is 20.3 Å². The molecular weight excluding hydrogens is 480 g/mol. The summed E-state index contributed by atoms with van der Waals surface area (Å²) < 4.78 is 33.9. The first-order valence-corrected chi connectivity index (χ1v) is 12.1. The molecule has 9 nitrogen and oxygen atoms in total. The van der Waals surface area contributed by atoms with Crippen molar-refractivity contribution in [2.75, 3.05) is 25.3 Å². The van der Waals surface area contributed by atoms with Gasteiger partial charge in [-0.05, 0) is 70.1 Å². The van der Waals surface area contributed by atoms with Crippen molar-refractivity contribution in [3.8, 4) is 11.5 Å². The Morgan fingerprint density at radius 3 is 2.58 bits per heavy atom. The zero-order valence-corrected chi connectivity index (χ0v) is 20.5. The van der Waals surface area contributed by atoms with E-state index in [-0.39, 0.29) is 17.3 Å². The van der Waals surface area contributed by atoms with Crippen molar-refractivity contribution in [3.05, 3.63) is 84.1 Å². The van der Waals surface area contributed by atoms with E-state index >= 15 is 0 Å². The number of anilines is 2. The first kappa shape index (κ1) is 25.0. The van der Waals surface area contributed by atoms with E-state index in [1.54, 1.807) is 42.6 Å².